The number of nitrogens with one attached hydrogen (secondary N) is 3. The number of urea groups is 1. The standard InChI is InChI=1S/C19H27N5O5/c1-13(2)12-29-17(25)7-9-20-19(27)22-16-8-10-24(18(16)26)15-5-3-14(4-6-15)11-21-23-28/h3-6,11,13,16,23,28H,7-10,12H2,1-2H3,(H2,20,22,27)/t16-/m0/s1. The maximum Gasteiger partial charge on any atom is 0.315 e. The maximum absolute atomic E-state index is 12.6. The van der Waals surface area contributed by atoms with Crippen LogP contribution in [0.25, 0.3) is 0 Å². The number of hydrazone groups is 1. The van der Waals surface area contributed by atoms with Gasteiger partial charge in [0.2, 0.25) is 5.91 Å². The van der Waals surface area contributed by atoms with Gasteiger partial charge in [0.25, 0.3) is 0 Å². The predicted octanol–water partition coefficient (Wildman–Crippen LogP) is 0.993. The summed E-state index contributed by atoms with van der Waals surface area (Å²) in [5.41, 5.74) is 3.14. The molecule has 10 nitrogen and oxygen atoms in total. The van der Waals surface area contributed by atoms with Crippen molar-refractivity contribution >= 4 is 29.8 Å². The van der Waals surface area contributed by atoms with Crippen molar-refractivity contribution in [3.63, 3.8) is 0 Å². The van der Waals surface area contributed by atoms with E-state index in [0.29, 0.717) is 25.3 Å². The van der Waals surface area contributed by atoms with Crippen LogP contribution in [0.2, 0.25) is 0 Å². The largest absolute Gasteiger partial charge is 0.465 e. The average Bonchev–Trinajstić information content (AvgIpc) is 3.05. The number of ether oxygens (including phenoxy) is 1. The number of rotatable bonds is 9. The molecule has 10 heteroatoms. The highest BCUT2D eigenvalue weighted by Crippen LogP contribution is 2.21. The van der Waals surface area contributed by atoms with Gasteiger partial charge in [-0.05, 0) is 30.0 Å². The number of nitrogens with zero attached hydrogens (tertiary/aromatic N) is 2. The third-order valence-electron chi connectivity index (χ3n) is 4.18. The Labute approximate surface area is 169 Å². The summed E-state index contributed by atoms with van der Waals surface area (Å²) < 4.78 is 5.03. The quantitative estimate of drug-likeness (QED) is 0.275. The Morgan fingerprint density at radius 1 is 1.34 bits per heavy atom. The SMILES string of the molecule is CC(C)COC(=O)CCNC(=O)N[C@H]1CCN(c2ccc(C=NNO)cc2)C1=O. The van der Waals surface area contributed by atoms with Crippen molar-refractivity contribution in [1.82, 2.24) is 16.2 Å². The first-order valence-corrected chi connectivity index (χ1v) is 9.44. The van der Waals surface area contributed by atoms with E-state index in [1.165, 1.54) is 6.21 Å². The van der Waals surface area contributed by atoms with Crippen LogP contribution in [-0.2, 0) is 14.3 Å². The fourth-order valence-electron chi connectivity index (χ4n) is 2.73. The highest BCUT2D eigenvalue weighted by atomic mass is 16.5. The molecule has 0 bridgehead atoms. The number of hydrogen-bond donors (Lipinski definition) is 4. The Morgan fingerprint density at radius 3 is 2.72 bits per heavy atom. The van der Waals surface area contributed by atoms with Crippen molar-refractivity contribution in [2.24, 2.45) is 11.0 Å². The van der Waals surface area contributed by atoms with E-state index in [-0.39, 0.29) is 30.8 Å². The molecular weight excluding hydrogens is 378 g/mol. The van der Waals surface area contributed by atoms with Gasteiger partial charge in [0.15, 0.2) is 0 Å². The number of esters is 1. The molecule has 1 aromatic carbocycles. The van der Waals surface area contributed by atoms with E-state index in [1.54, 1.807) is 34.8 Å². The fraction of sp³-hybridized carbons (Fsp3) is 0.474. The van der Waals surface area contributed by atoms with Crippen molar-refractivity contribution in [2.45, 2.75) is 32.7 Å². The summed E-state index contributed by atoms with van der Waals surface area (Å²) >= 11 is 0. The van der Waals surface area contributed by atoms with E-state index in [1.807, 2.05) is 13.8 Å². The molecule has 1 fully saturated rings. The van der Waals surface area contributed by atoms with E-state index in [0.717, 1.165) is 5.56 Å². The zero-order valence-corrected chi connectivity index (χ0v) is 16.6. The van der Waals surface area contributed by atoms with Gasteiger partial charge in [-0.1, -0.05) is 26.0 Å². The van der Waals surface area contributed by atoms with Crippen LogP contribution in [0.5, 0.6) is 0 Å². The third-order valence-corrected chi connectivity index (χ3v) is 4.18. The van der Waals surface area contributed by atoms with Gasteiger partial charge in [0, 0.05) is 18.8 Å². The lowest BCUT2D eigenvalue weighted by Gasteiger charge is -2.17. The Morgan fingerprint density at radius 2 is 2.07 bits per heavy atom. The lowest BCUT2D eigenvalue weighted by molar-refractivity contribution is -0.144. The number of amides is 3. The van der Waals surface area contributed by atoms with Gasteiger partial charge < -0.3 is 20.3 Å². The first kappa shape index (κ1) is 22.2. The number of anilines is 1. The van der Waals surface area contributed by atoms with Crippen molar-refractivity contribution < 1.29 is 24.3 Å². The normalized spacial score (nSPS) is 16.3. The van der Waals surface area contributed by atoms with Crippen LogP contribution in [0.15, 0.2) is 29.4 Å². The van der Waals surface area contributed by atoms with Crippen molar-refractivity contribution in [3.05, 3.63) is 29.8 Å². The average molecular weight is 405 g/mol. The van der Waals surface area contributed by atoms with Crippen molar-refractivity contribution in [2.75, 3.05) is 24.6 Å². The molecule has 4 N–H and O–H groups in total. The molecule has 0 aliphatic carbocycles. The Kier molecular flexibility index (Phi) is 8.41. The van der Waals surface area contributed by atoms with Gasteiger partial charge in [0.05, 0.1) is 19.2 Å². The topological polar surface area (TPSA) is 132 Å². The molecule has 1 atom stereocenters. The van der Waals surface area contributed by atoms with Crippen LogP contribution in [-0.4, -0.2) is 55.1 Å². The van der Waals surface area contributed by atoms with Crippen molar-refractivity contribution in [3.8, 4) is 0 Å². The number of carbonyl (C=O) groups excluding carboxylic acids is 3. The minimum atomic E-state index is -0.622. The van der Waals surface area contributed by atoms with Crippen molar-refractivity contribution in [1.29, 1.82) is 0 Å². The smallest absolute Gasteiger partial charge is 0.315 e. The number of hydrogen-bond acceptors (Lipinski definition) is 7. The number of carbonyl (C=O) groups is 3. The molecular formula is C19H27N5O5. The van der Waals surface area contributed by atoms with Gasteiger partial charge in [-0.3, -0.25) is 14.8 Å². The summed E-state index contributed by atoms with van der Waals surface area (Å²) in [6.45, 7) is 4.86. The highest BCUT2D eigenvalue weighted by molar-refractivity contribution is 6.01. The van der Waals surface area contributed by atoms with E-state index in [2.05, 4.69) is 15.7 Å². The van der Waals surface area contributed by atoms with Crippen LogP contribution in [0.1, 0.15) is 32.3 Å². The molecule has 0 unspecified atom stereocenters. The minimum absolute atomic E-state index is 0.0757. The molecule has 3 amide bonds. The summed E-state index contributed by atoms with van der Waals surface area (Å²) in [6.07, 6.45) is 2.00. The van der Waals surface area contributed by atoms with Crippen LogP contribution in [0.3, 0.4) is 0 Å². The van der Waals surface area contributed by atoms with E-state index < -0.39 is 12.1 Å². The third kappa shape index (κ3) is 7.07. The van der Waals surface area contributed by atoms with Gasteiger partial charge in [-0.2, -0.15) is 10.7 Å². The van der Waals surface area contributed by atoms with Crippen LogP contribution < -0.4 is 21.1 Å². The number of benzene rings is 1. The molecule has 2 rings (SSSR count). The lowest BCUT2D eigenvalue weighted by Crippen LogP contribution is -2.46. The molecule has 29 heavy (non-hydrogen) atoms. The van der Waals surface area contributed by atoms with Crippen LogP contribution >= 0.6 is 0 Å². The molecule has 1 saturated heterocycles. The molecule has 0 spiro atoms. The molecule has 1 aliphatic rings. The summed E-state index contributed by atoms with van der Waals surface area (Å²) in [4.78, 5) is 37.7. The summed E-state index contributed by atoms with van der Waals surface area (Å²) in [6, 6.07) is 5.93. The fourth-order valence-corrected chi connectivity index (χ4v) is 2.73. The van der Waals surface area contributed by atoms with Gasteiger partial charge in [-0.15, -0.1) is 0 Å². The predicted molar refractivity (Wildman–Crippen MR) is 107 cm³/mol. The zero-order chi connectivity index (χ0) is 21.2. The zero-order valence-electron chi connectivity index (χ0n) is 16.6. The molecule has 0 saturated carbocycles. The maximum atomic E-state index is 12.6. The van der Waals surface area contributed by atoms with E-state index >= 15 is 0 Å². The van der Waals surface area contributed by atoms with Crippen LogP contribution in [0, 0.1) is 5.92 Å². The van der Waals surface area contributed by atoms with Crippen LogP contribution in [0.4, 0.5) is 10.5 Å². The van der Waals surface area contributed by atoms with E-state index in [4.69, 9.17) is 9.94 Å². The lowest BCUT2D eigenvalue weighted by atomic mass is 10.2. The summed E-state index contributed by atoms with van der Waals surface area (Å²) in [7, 11) is 0. The highest BCUT2D eigenvalue weighted by Gasteiger charge is 2.33. The van der Waals surface area contributed by atoms with E-state index in [9.17, 15) is 14.4 Å². The second kappa shape index (κ2) is 11.0. The molecule has 1 heterocycles. The van der Waals surface area contributed by atoms with Gasteiger partial charge in [-0.25, -0.2) is 4.79 Å². The molecule has 158 valence electrons. The molecule has 1 aromatic rings. The van der Waals surface area contributed by atoms with Gasteiger partial charge in [0.1, 0.15) is 6.04 Å². The summed E-state index contributed by atoms with van der Waals surface area (Å²) in [5, 5.41) is 17.2. The Hall–Kier alpha value is -3.14. The molecule has 0 aromatic heterocycles. The monoisotopic (exact) mass is 405 g/mol. The summed E-state index contributed by atoms with van der Waals surface area (Å²) in [5.74, 6) is -0.311. The first-order chi connectivity index (χ1) is 13.9. The minimum Gasteiger partial charge on any atom is -0.465 e. The van der Waals surface area contributed by atoms with Gasteiger partial charge >= 0.3 is 12.0 Å². The molecule has 0 radical (unpaired) electrons. The second-order valence-corrected chi connectivity index (χ2v) is 7.01. The first-order valence-electron chi connectivity index (χ1n) is 9.44. The second-order valence-electron chi connectivity index (χ2n) is 7.01. The Balaban J connectivity index is 1.77. The molecule has 1 aliphatic heterocycles. The Bertz CT molecular complexity index is 735.